The van der Waals surface area contributed by atoms with Crippen LogP contribution in [0.15, 0.2) is 47.4 Å². The molecule has 0 radical (unpaired) electrons. The SMILES string of the molecule is CC1CN(/C=C\Nc2ccc(OC#N)cc2)c2cscc21. The lowest BCUT2D eigenvalue weighted by Crippen LogP contribution is -2.13. The molecular weight excluding hydrogens is 282 g/mol. The van der Waals surface area contributed by atoms with E-state index in [4.69, 9.17) is 10.00 Å². The van der Waals surface area contributed by atoms with E-state index in [1.807, 2.05) is 18.3 Å². The highest BCUT2D eigenvalue weighted by Crippen LogP contribution is 2.38. The standard InChI is InChI=1S/C16H15N3OS/c1-12-8-19(16-10-21-9-15(12)16)7-6-18-13-2-4-14(5-3-13)20-11-17/h2-7,9-10,12,18H,8H2,1H3/b7-6-. The summed E-state index contributed by atoms with van der Waals surface area (Å²) in [4.78, 5) is 2.26. The van der Waals surface area contributed by atoms with Crippen molar-refractivity contribution in [3.8, 4) is 12.0 Å². The summed E-state index contributed by atoms with van der Waals surface area (Å²) in [7, 11) is 0. The molecule has 2 aromatic rings. The molecular formula is C16H15N3OS. The predicted octanol–water partition coefficient (Wildman–Crippen LogP) is 4.11. The smallest absolute Gasteiger partial charge is 0.292 e. The van der Waals surface area contributed by atoms with E-state index in [1.165, 1.54) is 11.3 Å². The van der Waals surface area contributed by atoms with Gasteiger partial charge in [-0.1, -0.05) is 6.92 Å². The lowest BCUT2D eigenvalue weighted by atomic mass is 10.1. The summed E-state index contributed by atoms with van der Waals surface area (Å²) in [6, 6.07) is 7.27. The number of ether oxygens (including phenoxy) is 1. The Morgan fingerprint density at radius 3 is 2.95 bits per heavy atom. The Morgan fingerprint density at radius 1 is 1.38 bits per heavy atom. The topological polar surface area (TPSA) is 48.3 Å². The van der Waals surface area contributed by atoms with Crippen LogP contribution in [0, 0.1) is 11.5 Å². The molecule has 1 aromatic carbocycles. The molecule has 1 N–H and O–H groups in total. The van der Waals surface area contributed by atoms with E-state index in [0.717, 1.165) is 12.2 Å². The molecule has 3 rings (SSSR count). The van der Waals surface area contributed by atoms with Gasteiger partial charge in [0.2, 0.25) is 0 Å². The predicted molar refractivity (Wildman–Crippen MR) is 85.5 cm³/mol. The maximum absolute atomic E-state index is 8.43. The number of nitriles is 1. The van der Waals surface area contributed by atoms with Crippen molar-refractivity contribution in [2.24, 2.45) is 0 Å². The van der Waals surface area contributed by atoms with Gasteiger partial charge in [-0.25, -0.2) is 0 Å². The van der Waals surface area contributed by atoms with Crippen LogP contribution in [0.2, 0.25) is 0 Å². The molecule has 0 saturated carbocycles. The van der Waals surface area contributed by atoms with Gasteiger partial charge in [-0.2, -0.15) is 0 Å². The average Bonchev–Trinajstić information content (AvgIpc) is 3.07. The first-order chi connectivity index (χ1) is 10.3. The van der Waals surface area contributed by atoms with Crippen molar-refractivity contribution in [2.45, 2.75) is 12.8 Å². The van der Waals surface area contributed by atoms with Gasteiger partial charge in [0, 0.05) is 35.9 Å². The van der Waals surface area contributed by atoms with Crippen LogP contribution < -0.4 is 15.0 Å². The third-order valence-electron chi connectivity index (χ3n) is 3.50. The van der Waals surface area contributed by atoms with Gasteiger partial charge in [0.15, 0.2) is 0 Å². The lowest BCUT2D eigenvalue weighted by Gasteiger charge is -2.13. The number of fused-ring (bicyclic) bond motifs is 1. The second-order valence-electron chi connectivity index (χ2n) is 4.94. The van der Waals surface area contributed by atoms with Gasteiger partial charge in [-0.3, -0.25) is 0 Å². The highest BCUT2D eigenvalue weighted by atomic mass is 32.1. The zero-order valence-corrected chi connectivity index (χ0v) is 12.4. The Kier molecular flexibility index (Phi) is 3.80. The van der Waals surface area contributed by atoms with Gasteiger partial charge < -0.3 is 15.0 Å². The molecule has 0 amide bonds. The zero-order chi connectivity index (χ0) is 14.7. The Morgan fingerprint density at radius 2 is 2.19 bits per heavy atom. The van der Waals surface area contributed by atoms with E-state index in [-0.39, 0.29) is 0 Å². The van der Waals surface area contributed by atoms with Gasteiger partial charge in [-0.05, 0) is 35.2 Å². The number of hydrogen-bond donors (Lipinski definition) is 1. The number of hydrogen-bond acceptors (Lipinski definition) is 5. The molecule has 21 heavy (non-hydrogen) atoms. The zero-order valence-electron chi connectivity index (χ0n) is 11.6. The summed E-state index contributed by atoms with van der Waals surface area (Å²) in [6.07, 6.45) is 5.65. The van der Waals surface area contributed by atoms with E-state index in [1.54, 1.807) is 29.7 Å². The first kappa shape index (κ1) is 13.5. The Bertz CT molecular complexity index is 684. The second kappa shape index (κ2) is 5.90. The highest BCUT2D eigenvalue weighted by Gasteiger charge is 2.24. The van der Waals surface area contributed by atoms with Crippen LogP contribution >= 0.6 is 11.3 Å². The summed E-state index contributed by atoms with van der Waals surface area (Å²) in [6.45, 7) is 3.27. The molecule has 1 aliphatic rings. The van der Waals surface area contributed by atoms with E-state index < -0.39 is 0 Å². The molecule has 2 heterocycles. The summed E-state index contributed by atoms with van der Waals surface area (Å²) >= 11 is 1.75. The molecule has 0 aliphatic carbocycles. The molecule has 0 fully saturated rings. The van der Waals surface area contributed by atoms with Crippen LogP contribution in [-0.2, 0) is 0 Å². The van der Waals surface area contributed by atoms with Crippen LogP contribution in [-0.4, -0.2) is 6.54 Å². The van der Waals surface area contributed by atoms with Crippen LogP contribution in [0.3, 0.4) is 0 Å². The van der Waals surface area contributed by atoms with Crippen LogP contribution in [0.5, 0.6) is 5.75 Å². The first-order valence-electron chi connectivity index (χ1n) is 6.70. The molecule has 106 valence electrons. The van der Waals surface area contributed by atoms with E-state index in [2.05, 4.69) is 34.1 Å². The summed E-state index contributed by atoms with van der Waals surface area (Å²) in [5.41, 5.74) is 3.69. The third kappa shape index (κ3) is 2.86. The number of anilines is 2. The molecule has 1 aromatic heterocycles. The molecule has 1 atom stereocenters. The Balaban J connectivity index is 1.62. The van der Waals surface area contributed by atoms with Crippen molar-refractivity contribution in [1.82, 2.24) is 0 Å². The second-order valence-corrected chi connectivity index (χ2v) is 5.69. The quantitative estimate of drug-likeness (QED) is 0.863. The third-order valence-corrected chi connectivity index (χ3v) is 4.25. The van der Waals surface area contributed by atoms with Crippen molar-refractivity contribution in [2.75, 3.05) is 16.8 Å². The number of benzene rings is 1. The molecule has 0 saturated heterocycles. The monoisotopic (exact) mass is 297 g/mol. The van der Waals surface area contributed by atoms with Crippen LogP contribution in [0.1, 0.15) is 18.4 Å². The fourth-order valence-corrected chi connectivity index (χ4v) is 3.40. The Labute approximate surface area is 127 Å². The number of thiophene rings is 1. The van der Waals surface area contributed by atoms with E-state index >= 15 is 0 Å². The summed E-state index contributed by atoms with van der Waals surface area (Å²) < 4.78 is 4.74. The van der Waals surface area contributed by atoms with E-state index in [9.17, 15) is 0 Å². The van der Waals surface area contributed by atoms with Crippen molar-refractivity contribution in [3.05, 3.63) is 53.0 Å². The molecule has 0 spiro atoms. The van der Waals surface area contributed by atoms with Crippen molar-refractivity contribution in [3.63, 3.8) is 0 Å². The van der Waals surface area contributed by atoms with Crippen LogP contribution in [0.4, 0.5) is 11.4 Å². The van der Waals surface area contributed by atoms with Crippen molar-refractivity contribution >= 4 is 22.7 Å². The summed E-state index contributed by atoms with van der Waals surface area (Å²) in [5.74, 6) is 1.13. The Hall–Kier alpha value is -2.45. The maximum Gasteiger partial charge on any atom is 0.292 e. The van der Waals surface area contributed by atoms with Gasteiger partial charge in [-0.15, -0.1) is 16.6 Å². The average molecular weight is 297 g/mol. The van der Waals surface area contributed by atoms with Gasteiger partial charge >= 0.3 is 0 Å². The maximum atomic E-state index is 8.43. The number of nitrogens with zero attached hydrogens (tertiary/aromatic N) is 2. The van der Waals surface area contributed by atoms with Crippen LogP contribution in [0.25, 0.3) is 0 Å². The molecule has 4 nitrogen and oxygen atoms in total. The van der Waals surface area contributed by atoms with E-state index in [0.29, 0.717) is 11.7 Å². The number of rotatable bonds is 4. The first-order valence-corrected chi connectivity index (χ1v) is 7.64. The molecule has 5 heteroatoms. The minimum Gasteiger partial charge on any atom is -0.388 e. The highest BCUT2D eigenvalue weighted by molar-refractivity contribution is 7.08. The van der Waals surface area contributed by atoms with Gasteiger partial charge in [0.25, 0.3) is 6.26 Å². The fourth-order valence-electron chi connectivity index (χ4n) is 2.43. The normalized spacial score (nSPS) is 16.8. The molecule has 1 unspecified atom stereocenters. The fraction of sp³-hybridized carbons (Fsp3) is 0.188. The van der Waals surface area contributed by atoms with Gasteiger partial charge in [0.05, 0.1) is 5.69 Å². The number of nitrogens with one attached hydrogen (secondary N) is 1. The van der Waals surface area contributed by atoms with Crippen molar-refractivity contribution in [1.29, 1.82) is 5.26 Å². The lowest BCUT2D eigenvalue weighted by molar-refractivity contribution is 0.507. The summed E-state index contributed by atoms with van der Waals surface area (Å²) in [5, 5.41) is 16.1. The van der Waals surface area contributed by atoms with Gasteiger partial charge in [0.1, 0.15) is 5.75 Å². The molecule has 0 bridgehead atoms. The largest absolute Gasteiger partial charge is 0.388 e. The minimum absolute atomic E-state index is 0.545. The minimum atomic E-state index is 0.545. The van der Waals surface area contributed by atoms with Crippen molar-refractivity contribution < 1.29 is 4.74 Å². The molecule has 1 aliphatic heterocycles.